The molecule has 0 bridgehead atoms. The average Bonchev–Trinajstić information content (AvgIpc) is 2.79. The van der Waals surface area contributed by atoms with Crippen LogP contribution in [0.1, 0.15) is 73.3 Å². The zero-order valence-electron chi connectivity index (χ0n) is 23.1. The lowest BCUT2D eigenvalue weighted by Gasteiger charge is -2.52. The van der Waals surface area contributed by atoms with E-state index < -0.39 is 0 Å². The molecule has 0 aliphatic carbocycles. The van der Waals surface area contributed by atoms with Crippen molar-refractivity contribution in [3.8, 4) is 5.75 Å². The van der Waals surface area contributed by atoms with Crippen LogP contribution in [0.2, 0.25) is 0 Å². The van der Waals surface area contributed by atoms with Gasteiger partial charge in [0.05, 0.1) is 11.6 Å². The Hall–Kier alpha value is -2.27. The number of benzene rings is 1. The molecule has 0 saturated carbocycles. The predicted molar refractivity (Wildman–Crippen MR) is 147 cm³/mol. The molecule has 1 aliphatic heterocycles. The summed E-state index contributed by atoms with van der Waals surface area (Å²) < 4.78 is 5.93. The molecule has 1 heterocycles. The van der Waals surface area contributed by atoms with Crippen LogP contribution >= 0.6 is 0 Å². The fourth-order valence-electron chi connectivity index (χ4n) is 4.97. The summed E-state index contributed by atoms with van der Waals surface area (Å²) in [6.45, 7) is 17.1. The summed E-state index contributed by atoms with van der Waals surface area (Å²) in [5.41, 5.74) is 2.38. The summed E-state index contributed by atoms with van der Waals surface area (Å²) in [5.74, 6) is 2.04. The van der Waals surface area contributed by atoms with Gasteiger partial charge in [-0.3, -0.25) is 9.89 Å². The maximum Gasteiger partial charge on any atom is 0.122 e. The number of hydrogen-bond acceptors (Lipinski definition) is 4. The van der Waals surface area contributed by atoms with E-state index in [0.717, 1.165) is 43.9 Å². The highest BCUT2D eigenvalue weighted by Gasteiger charge is 2.46. The molecule has 1 saturated heterocycles. The van der Waals surface area contributed by atoms with E-state index in [1.807, 2.05) is 13.1 Å². The number of hydrogen-bond donors (Lipinski definition) is 1. The lowest BCUT2D eigenvalue weighted by Crippen LogP contribution is -2.64. The average molecular weight is 469 g/mol. The Morgan fingerprint density at radius 3 is 2.62 bits per heavy atom. The maximum absolute atomic E-state index is 5.93. The van der Waals surface area contributed by atoms with Crippen LogP contribution in [-0.2, 0) is 6.54 Å². The monoisotopic (exact) mass is 468 g/mol. The van der Waals surface area contributed by atoms with E-state index in [0.29, 0.717) is 12.1 Å². The Bertz CT molecular complexity index is 857. The highest BCUT2D eigenvalue weighted by molar-refractivity contribution is 5.92. The van der Waals surface area contributed by atoms with E-state index in [9.17, 15) is 0 Å². The van der Waals surface area contributed by atoms with Crippen molar-refractivity contribution in [2.24, 2.45) is 4.99 Å². The Kier molecular flexibility index (Phi) is 10.7. The number of nitrogens with one attached hydrogen (secondary N) is 1. The van der Waals surface area contributed by atoms with E-state index in [4.69, 9.17) is 9.73 Å². The van der Waals surface area contributed by atoms with Gasteiger partial charge in [0.1, 0.15) is 11.6 Å². The van der Waals surface area contributed by atoms with Crippen LogP contribution in [0.5, 0.6) is 5.75 Å². The second kappa shape index (κ2) is 13.0. The molecule has 1 N–H and O–H groups in total. The lowest BCUT2D eigenvalue weighted by molar-refractivity contribution is 0.0636. The molecule has 0 spiro atoms. The Labute approximate surface area is 209 Å². The first-order valence-electron chi connectivity index (χ1n) is 13.0. The number of amidine groups is 1. The zero-order valence-corrected chi connectivity index (χ0v) is 23.1. The minimum atomic E-state index is -0.169. The first kappa shape index (κ1) is 28.0. The van der Waals surface area contributed by atoms with Crippen LogP contribution in [0.25, 0.3) is 0 Å². The molecule has 5 nitrogen and oxygen atoms in total. The minimum Gasteiger partial charge on any atom is -0.491 e. The zero-order chi connectivity index (χ0) is 25.3. The molecule has 2 unspecified atom stereocenters. The Balaban J connectivity index is 2.31. The second-order valence-electron chi connectivity index (χ2n) is 10.1. The molecule has 2 rings (SSSR count). The summed E-state index contributed by atoms with van der Waals surface area (Å²) in [4.78, 5) is 9.86. The highest BCUT2D eigenvalue weighted by atomic mass is 16.5. The summed E-state index contributed by atoms with van der Waals surface area (Å²) in [6.07, 6.45) is 9.94. The van der Waals surface area contributed by atoms with Crippen LogP contribution in [0.15, 0.2) is 53.2 Å². The maximum atomic E-state index is 5.93. The Morgan fingerprint density at radius 1 is 1.32 bits per heavy atom. The molecular weight excluding hydrogens is 420 g/mol. The molecule has 1 aromatic carbocycles. The van der Waals surface area contributed by atoms with E-state index in [1.54, 1.807) is 0 Å². The Morgan fingerprint density at radius 2 is 2.06 bits per heavy atom. The van der Waals surface area contributed by atoms with Gasteiger partial charge in [0.25, 0.3) is 0 Å². The minimum absolute atomic E-state index is 0.169. The molecule has 1 fully saturated rings. The van der Waals surface area contributed by atoms with Gasteiger partial charge in [0, 0.05) is 45.0 Å². The summed E-state index contributed by atoms with van der Waals surface area (Å²) >= 11 is 0. The SMILES string of the molecule is C/C=C(\C=C/CC)N(C)C1(C(=NC)NC(C)C)CCN(Cc2cccc(OC(C)C)c2)C(C)C1. The van der Waals surface area contributed by atoms with Gasteiger partial charge >= 0.3 is 0 Å². The van der Waals surface area contributed by atoms with Gasteiger partial charge in [0.15, 0.2) is 0 Å². The van der Waals surface area contributed by atoms with E-state index in [2.05, 4.69) is 107 Å². The number of likely N-dealkylation sites (tertiary alicyclic amines) is 1. The van der Waals surface area contributed by atoms with Crippen molar-refractivity contribution in [3.05, 3.63) is 53.8 Å². The molecule has 34 heavy (non-hydrogen) atoms. The van der Waals surface area contributed by atoms with Gasteiger partial charge in [-0.1, -0.05) is 31.2 Å². The van der Waals surface area contributed by atoms with Gasteiger partial charge in [-0.2, -0.15) is 0 Å². The third kappa shape index (κ3) is 7.11. The molecule has 0 amide bonds. The van der Waals surface area contributed by atoms with Gasteiger partial charge in [-0.25, -0.2) is 0 Å². The number of piperidine rings is 1. The fraction of sp³-hybridized carbons (Fsp3) is 0.621. The van der Waals surface area contributed by atoms with Crippen LogP contribution < -0.4 is 10.1 Å². The van der Waals surface area contributed by atoms with E-state index >= 15 is 0 Å². The first-order chi connectivity index (χ1) is 16.2. The van der Waals surface area contributed by atoms with Crippen molar-refractivity contribution in [3.63, 3.8) is 0 Å². The topological polar surface area (TPSA) is 40.1 Å². The van der Waals surface area contributed by atoms with Gasteiger partial charge in [0.2, 0.25) is 0 Å². The quantitative estimate of drug-likeness (QED) is 0.259. The van der Waals surface area contributed by atoms with Crippen molar-refractivity contribution in [2.75, 3.05) is 20.6 Å². The summed E-state index contributed by atoms with van der Waals surface area (Å²) in [5, 5.41) is 3.69. The number of likely N-dealkylation sites (N-methyl/N-ethyl adjacent to an activating group) is 1. The van der Waals surface area contributed by atoms with Gasteiger partial charge in [-0.15, -0.1) is 0 Å². The van der Waals surface area contributed by atoms with Gasteiger partial charge in [-0.05, 0) is 84.6 Å². The fourth-order valence-corrected chi connectivity index (χ4v) is 4.97. The van der Waals surface area contributed by atoms with Crippen LogP contribution in [0, 0.1) is 0 Å². The van der Waals surface area contributed by atoms with Crippen molar-refractivity contribution < 1.29 is 4.74 Å². The third-order valence-electron chi connectivity index (χ3n) is 6.66. The molecule has 5 heteroatoms. The number of nitrogens with zero attached hydrogens (tertiary/aromatic N) is 3. The molecule has 2 atom stereocenters. The van der Waals surface area contributed by atoms with Crippen molar-refractivity contribution >= 4 is 5.84 Å². The van der Waals surface area contributed by atoms with Crippen LogP contribution in [0.4, 0.5) is 0 Å². The van der Waals surface area contributed by atoms with Crippen molar-refractivity contribution in [2.45, 2.75) is 98.0 Å². The molecule has 0 aromatic heterocycles. The number of aliphatic imine (C=N–C) groups is 1. The van der Waals surface area contributed by atoms with Crippen LogP contribution in [-0.4, -0.2) is 60.0 Å². The number of rotatable bonds is 10. The smallest absolute Gasteiger partial charge is 0.122 e. The molecule has 190 valence electrons. The highest BCUT2D eigenvalue weighted by Crippen LogP contribution is 2.36. The van der Waals surface area contributed by atoms with E-state index in [-0.39, 0.29) is 11.6 Å². The van der Waals surface area contributed by atoms with Gasteiger partial charge < -0.3 is 15.0 Å². The molecule has 1 aromatic rings. The number of ether oxygens (including phenoxy) is 1. The molecule has 0 radical (unpaired) electrons. The predicted octanol–water partition coefficient (Wildman–Crippen LogP) is 6.03. The molecule has 1 aliphatic rings. The second-order valence-corrected chi connectivity index (χ2v) is 10.1. The lowest BCUT2D eigenvalue weighted by atomic mass is 9.80. The normalized spacial score (nSPS) is 22.6. The van der Waals surface area contributed by atoms with E-state index in [1.165, 1.54) is 11.3 Å². The first-order valence-corrected chi connectivity index (χ1v) is 13.0. The standard InChI is InChI=1S/C29H48N4O/c1-10-12-15-26(11-2)32(9)29(28(30-8)31-22(3)4)17-18-33(24(7)20-29)21-25-14-13-16-27(19-25)34-23(5)6/h11-16,19,22-24H,10,17-18,20-21H2,1-9H3,(H,30,31)/b15-12-,26-11+. The third-order valence-corrected chi connectivity index (χ3v) is 6.66. The van der Waals surface area contributed by atoms with Crippen LogP contribution in [0.3, 0.4) is 0 Å². The number of allylic oxidation sites excluding steroid dienone is 3. The largest absolute Gasteiger partial charge is 0.491 e. The summed E-state index contributed by atoms with van der Waals surface area (Å²) in [7, 11) is 4.16. The summed E-state index contributed by atoms with van der Waals surface area (Å²) in [6, 6.07) is 9.29. The van der Waals surface area contributed by atoms with Crippen molar-refractivity contribution in [1.29, 1.82) is 0 Å². The molecular formula is C29H48N4O. The van der Waals surface area contributed by atoms with Crippen molar-refractivity contribution in [1.82, 2.24) is 15.1 Å².